The van der Waals surface area contributed by atoms with Gasteiger partial charge in [0.1, 0.15) is 5.82 Å². The average molecular weight is 357 g/mol. The molecule has 1 nitrogen and oxygen atoms in total. The van der Waals surface area contributed by atoms with E-state index in [2.05, 4.69) is 33.4 Å². The third kappa shape index (κ3) is 4.30. The Morgan fingerprint density at radius 1 is 1.20 bits per heavy atom. The SMILES string of the molecule is CNC(Cc1cccc(Br)c1)Cc1cc(F)ccc1Cl. The van der Waals surface area contributed by atoms with Crippen LogP contribution in [0.15, 0.2) is 46.9 Å². The number of rotatable bonds is 5. The second-order valence-electron chi connectivity index (χ2n) is 4.76. The van der Waals surface area contributed by atoms with E-state index in [1.807, 2.05) is 19.2 Å². The molecule has 0 spiro atoms. The molecule has 0 aliphatic heterocycles. The highest BCUT2D eigenvalue weighted by Gasteiger charge is 2.11. The maximum absolute atomic E-state index is 13.3. The smallest absolute Gasteiger partial charge is 0.123 e. The average Bonchev–Trinajstić information content (AvgIpc) is 2.42. The summed E-state index contributed by atoms with van der Waals surface area (Å²) in [5, 5.41) is 3.88. The summed E-state index contributed by atoms with van der Waals surface area (Å²) < 4.78 is 14.4. The summed E-state index contributed by atoms with van der Waals surface area (Å²) in [6.07, 6.45) is 1.56. The van der Waals surface area contributed by atoms with Crippen molar-refractivity contribution < 1.29 is 4.39 Å². The van der Waals surface area contributed by atoms with Crippen molar-refractivity contribution >= 4 is 27.5 Å². The first-order valence-electron chi connectivity index (χ1n) is 6.44. The number of nitrogens with one attached hydrogen (secondary N) is 1. The summed E-state index contributed by atoms with van der Waals surface area (Å²) in [5.74, 6) is -0.248. The highest BCUT2D eigenvalue weighted by molar-refractivity contribution is 9.10. The minimum Gasteiger partial charge on any atom is -0.316 e. The lowest BCUT2D eigenvalue weighted by atomic mass is 9.99. The van der Waals surface area contributed by atoms with Crippen LogP contribution in [0.2, 0.25) is 5.02 Å². The molecule has 0 saturated carbocycles. The highest BCUT2D eigenvalue weighted by Crippen LogP contribution is 2.20. The van der Waals surface area contributed by atoms with Crippen molar-refractivity contribution in [3.05, 3.63) is 68.9 Å². The van der Waals surface area contributed by atoms with Crippen LogP contribution < -0.4 is 5.32 Å². The molecule has 0 aliphatic carbocycles. The van der Waals surface area contributed by atoms with Gasteiger partial charge in [0.05, 0.1) is 0 Å². The first-order chi connectivity index (χ1) is 9.58. The van der Waals surface area contributed by atoms with Crippen molar-refractivity contribution in [2.45, 2.75) is 18.9 Å². The summed E-state index contributed by atoms with van der Waals surface area (Å²) >= 11 is 9.59. The van der Waals surface area contributed by atoms with Crippen LogP contribution in [0.3, 0.4) is 0 Å². The molecular weight excluding hydrogens is 341 g/mol. The molecule has 1 unspecified atom stereocenters. The molecule has 20 heavy (non-hydrogen) atoms. The van der Waals surface area contributed by atoms with Gasteiger partial charge in [0.2, 0.25) is 0 Å². The Hall–Kier alpha value is -0.900. The Labute approximate surface area is 132 Å². The van der Waals surface area contributed by atoms with Crippen LogP contribution in [0.4, 0.5) is 4.39 Å². The summed E-state index contributed by atoms with van der Waals surface area (Å²) in [5.41, 5.74) is 2.06. The monoisotopic (exact) mass is 355 g/mol. The van der Waals surface area contributed by atoms with Crippen LogP contribution in [-0.2, 0) is 12.8 Å². The molecule has 106 valence electrons. The van der Waals surface area contributed by atoms with Crippen LogP contribution in [0.5, 0.6) is 0 Å². The van der Waals surface area contributed by atoms with Crippen LogP contribution >= 0.6 is 27.5 Å². The van der Waals surface area contributed by atoms with Gasteiger partial charge in [-0.3, -0.25) is 0 Å². The van der Waals surface area contributed by atoms with E-state index in [0.717, 1.165) is 16.5 Å². The van der Waals surface area contributed by atoms with Crippen LogP contribution in [0.1, 0.15) is 11.1 Å². The Morgan fingerprint density at radius 2 is 2.00 bits per heavy atom. The highest BCUT2D eigenvalue weighted by atomic mass is 79.9. The Kier molecular flexibility index (Phi) is 5.58. The normalized spacial score (nSPS) is 12.4. The van der Waals surface area contributed by atoms with E-state index in [0.29, 0.717) is 11.4 Å². The molecule has 0 heterocycles. The van der Waals surface area contributed by atoms with Gasteiger partial charge >= 0.3 is 0 Å². The van der Waals surface area contributed by atoms with Crippen LogP contribution in [0.25, 0.3) is 0 Å². The van der Waals surface area contributed by atoms with E-state index in [1.165, 1.54) is 17.7 Å². The quantitative estimate of drug-likeness (QED) is 0.824. The Morgan fingerprint density at radius 3 is 2.70 bits per heavy atom. The third-order valence-electron chi connectivity index (χ3n) is 3.25. The van der Waals surface area contributed by atoms with Gasteiger partial charge in [-0.15, -0.1) is 0 Å². The zero-order valence-electron chi connectivity index (χ0n) is 11.2. The molecular formula is C16H16BrClFN. The largest absolute Gasteiger partial charge is 0.316 e. The zero-order valence-corrected chi connectivity index (χ0v) is 13.5. The Bertz CT molecular complexity index is 588. The lowest BCUT2D eigenvalue weighted by molar-refractivity contribution is 0.553. The zero-order chi connectivity index (χ0) is 14.5. The minimum absolute atomic E-state index is 0.212. The molecule has 2 aromatic rings. The summed E-state index contributed by atoms with van der Waals surface area (Å²) in [4.78, 5) is 0. The summed E-state index contributed by atoms with van der Waals surface area (Å²) in [6.45, 7) is 0. The van der Waals surface area contributed by atoms with Crippen molar-refractivity contribution in [2.24, 2.45) is 0 Å². The van der Waals surface area contributed by atoms with Gasteiger partial charge in [-0.1, -0.05) is 39.7 Å². The molecule has 0 amide bonds. The lowest BCUT2D eigenvalue weighted by Crippen LogP contribution is -2.30. The second-order valence-corrected chi connectivity index (χ2v) is 6.08. The van der Waals surface area contributed by atoms with E-state index in [9.17, 15) is 4.39 Å². The number of halogens is 3. The van der Waals surface area contributed by atoms with Gasteiger partial charge in [0.25, 0.3) is 0 Å². The number of hydrogen-bond acceptors (Lipinski definition) is 1. The van der Waals surface area contributed by atoms with E-state index in [4.69, 9.17) is 11.6 Å². The third-order valence-corrected chi connectivity index (χ3v) is 4.12. The topological polar surface area (TPSA) is 12.0 Å². The molecule has 0 aliphatic rings. The van der Waals surface area contributed by atoms with Gasteiger partial charge in [-0.25, -0.2) is 4.39 Å². The van der Waals surface area contributed by atoms with Gasteiger partial charge in [0.15, 0.2) is 0 Å². The molecule has 0 aromatic heterocycles. The van der Waals surface area contributed by atoms with E-state index >= 15 is 0 Å². The fourth-order valence-corrected chi connectivity index (χ4v) is 2.83. The molecule has 2 rings (SSSR count). The maximum atomic E-state index is 13.3. The fourth-order valence-electron chi connectivity index (χ4n) is 2.19. The molecule has 0 saturated heterocycles. The molecule has 0 radical (unpaired) electrons. The van der Waals surface area contributed by atoms with Gasteiger partial charge < -0.3 is 5.32 Å². The molecule has 0 fully saturated rings. The van der Waals surface area contributed by atoms with Crippen LogP contribution in [-0.4, -0.2) is 13.1 Å². The van der Waals surface area contributed by atoms with Crippen molar-refractivity contribution in [2.75, 3.05) is 7.05 Å². The van der Waals surface area contributed by atoms with E-state index < -0.39 is 0 Å². The molecule has 1 N–H and O–H groups in total. The maximum Gasteiger partial charge on any atom is 0.123 e. The first kappa shape index (κ1) is 15.5. The van der Waals surface area contributed by atoms with Gasteiger partial charge in [0, 0.05) is 15.5 Å². The van der Waals surface area contributed by atoms with E-state index in [1.54, 1.807) is 6.07 Å². The van der Waals surface area contributed by atoms with Gasteiger partial charge in [-0.05, 0) is 61.3 Å². The summed E-state index contributed by atoms with van der Waals surface area (Å²) in [6, 6.07) is 12.9. The van der Waals surface area contributed by atoms with Crippen LogP contribution in [0, 0.1) is 5.82 Å². The molecule has 1 atom stereocenters. The molecule has 2 aromatic carbocycles. The number of benzene rings is 2. The van der Waals surface area contributed by atoms with Crippen molar-refractivity contribution in [3.63, 3.8) is 0 Å². The predicted molar refractivity (Wildman–Crippen MR) is 85.8 cm³/mol. The van der Waals surface area contributed by atoms with Crippen molar-refractivity contribution in [1.82, 2.24) is 5.32 Å². The lowest BCUT2D eigenvalue weighted by Gasteiger charge is -2.17. The van der Waals surface area contributed by atoms with Crippen molar-refractivity contribution in [3.8, 4) is 0 Å². The summed E-state index contributed by atoms with van der Waals surface area (Å²) in [7, 11) is 1.91. The molecule has 0 bridgehead atoms. The predicted octanol–water partition coefficient (Wildman–Crippen LogP) is 4.61. The van der Waals surface area contributed by atoms with Gasteiger partial charge in [-0.2, -0.15) is 0 Å². The number of hydrogen-bond donors (Lipinski definition) is 1. The minimum atomic E-state index is -0.248. The first-order valence-corrected chi connectivity index (χ1v) is 7.61. The van der Waals surface area contributed by atoms with E-state index in [-0.39, 0.29) is 11.9 Å². The fraction of sp³-hybridized carbons (Fsp3) is 0.250. The standard InChI is InChI=1S/C16H16BrClFN/c1-20-15(8-11-3-2-4-13(17)7-11)10-12-9-14(19)5-6-16(12)18/h2-7,9,15,20H,8,10H2,1H3. The second kappa shape index (κ2) is 7.21. The Balaban J connectivity index is 2.11. The van der Waals surface area contributed by atoms with Crippen molar-refractivity contribution in [1.29, 1.82) is 0 Å². The number of likely N-dealkylation sites (N-methyl/N-ethyl adjacent to an activating group) is 1. The molecule has 4 heteroatoms.